The summed E-state index contributed by atoms with van der Waals surface area (Å²) in [7, 11) is 0. The molecule has 2 aromatic heterocycles. The Bertz CT molecular complexity index is 1240. The molecular weight excluding hydrogens is 371 g/mol. The predicted molar refractivity (Wildman–Crippen MR) is 98.6 cm³/mol. The number of hydrogen-bond donors (Lipinski definition) is 2. The van der Waals surface area contributed by atoms with Gasteiger partial charge in [0.25, 0.3) is 5.56 Å². The second-order valence-electron chi connectivity index (χ2n) is 7.22. The minimum atomic E-state index is -0.641. The number of carbonyl (C=O) groups excluding carboxylic acids is 1. The second kappa shape index (κ2) is 5.85. The Labute approximate surface area is 156 Å². The fraction of sp³-hybridized carbons (Fsp3) is 0.389. The fourth-order valence-electron chi connectivity index (χ4n) is 4.24. The smallest absolute Gasteiger partial charge is 0.293 e. The third-order valence-electron chi connectivity index (χ3n) is 5.51. The number of halogens is 1. The first-order valence-corrected chi connectivity index (χ1v) is 9.00. The van der Waals surface area contributed by atoms with Gasteiger partial charge >= 0.3 is 0 Å². The minimum Gasteiger partial charge on any atom is -0.487 e. The van der Waals surface area contributed by atoms with E-state index in [0.717, 1.165) is 6.07 Å². The Balaban J connectivity index is 1.83. The van der Waals surface area contributed by atoms with Crippen LogP contribution in [0.2, 0.25) is 0 Å². The van der Waals surface area contributed by atoms with Gasteiger partial charge in [0.15, 0.2) is 17.0 Å². The Kier molecular flexibility index (Phi) is 3.52. The van der Waals surface area contributed by atoms with E-state index in [1.807, 2.05) is 6.92 Å². The standard InChI is InChI=1S/C18H17FN4O5/c1-8-6-27-16-13-10(15(25)12-17(26)21-28-18(12)23(8)13)4-11(19)14(16)22-3-2-9(5-22)20-7-24/h4,7-9H,2-3,5-6H2,1H3,(H,20,24)(H,21,26). The molecule has 9 nitrogen and oxygen atoms in total. The van der Waals surface area contributed by atoms with E-state index < -0.39 is 16.8 Å². The number of aromatic amines is 1. The molecule has 10 heteroatoms. The molecule has 1 amide bonds. The van der Waals surface area contributed by atoms with Crippen LogP contribution in [-0.2, 0) is 4.79 Å². The highest BCUT2D eigenvalue weighted by atomic mass is 19.1. The average molecular weight is 388 g/mol. The number of fused-ring (bicyclic) bond motifs is 2. The fourth-order valence-corrected chi connectivity index (χ4v) is 4.24. The van der Waals surface area contributed by atoms with E-state index in [1.165, 1.54) is 0 Å². The zero-order valence-corrected chi connectivity index (χ0v) is 15.0. The van der Waals surface area contributed by atoms with Crippen molar-refractivity contribution in [2.75, 3.05) is 24.6 Å². The van der Waals surface area contributed by atoms with Crippen LogP contribution in [0.4, 0.5) is 10.1 Å². The molecule has 28 heavy (non-hydrogen) atoms. The van der Waals surface area contributed by atoms with Crippen molar-refractivity contribution in [1.29, 1.82) is 0 Å². The van der Waals surface area contributed by atoms with Crippen LogP contribution in [0.15, 0.2) is 20.2 Å². The maximum absolute atomic E-state index is 15.1. The molecule has 1 aromatic carbocycles. The van der Waals surface area contributed by atoms with Crippen molar-refractivity contribution in [3.8, 4) is 5.75 Å². The lowest BCUT2D eigenvalue weighted by molar-refractivity contribution is -0.110. The number of amides is 1. The van der Waals surface area contributed by atoms with E-state index >= 15 is 4.39 Å². The maximum Gasteiger partial charge on any atom is 0.293 e. The Morgan fingerprint density at radius 2 is 2.21 bits per heavy atom. The van der Waals surface area contributed by atoms with Gasteiger partial charge in [-0.2, -0.15) is 5.16 Å². The summed E-state index contributed by atoms with van der Waals surface area (Å²) in [6.45, 7) is 3.06. The molecule has 5 rings (SSSR count). The number of nitrogens with one attached hydrogen (secondary N) is 2. The molecule has 1 fully saturated rings. The van der Waals surface area contributed by atoms with E-state index in [4.69, 9.17) is 9.26 Å². The summed E-state index contributed by atoms with van der Waals surface area (Å²) in [5.74, 6) is -0.352. The van der Waals surface area contributed by atoms with Crippen LogP contribution >= 0.6 is 0 Å². The van der Waals surface area contributed by atoms with E-state index in [0.29, 0.717) is 31.4 Å². The topological polar surface area (TPSA) is 110 Å². The predicted octanol–water partition coefficient (Wildman–Crippen LogP) is 0.853. The monoisotopic (exact) mass is 388 g/mol. The molecule has 0 bridgehead atoms. The van der Waals surface area contributed by atoms with E-state index in [-0.39, 0.29) is 46.6 Å². The molecule has 1 saturated heterocycles. The summed E-state index contributed by atoms with van der Waals surface area (Å²) < 4.78 is 28.0. The summed E-state index contributed by atoms with van der Waals surface area (Å²) in [5.41, 5.74) is -0.457. The number of nitrogens with zero attached hydrogens (tertiary/aromatic N) is 2. The first kappa shape index (κ1) is 16.8. The van der Waals surface area contributed by atoms with Crippen molar-refractivity contribution in [3.05, 3.63) is 32.5 Å². The molecule has 2 aliphatic heterocycles. The number of aromatic nitrogens is 2. The van der Waals surface area contributed by atoms with Crippen molar-refractivity contribution in [2.24, 2.45) is 0 Å². The lowest BCUT2D eigenvalue weighted by atomic mass is 10.1. The summed E-state index contributed by atoms with van der Waals surface area (Å²) in [5, 5.41) is 4.85. The largest absolute Gasteiger partial charge is 0.487 e. The summed E-state index contributed by atoms with van der Waals surface area (Å²) >= 11 is 0. The van der Waals surface area contributed by atoms with Crippen LogP contribution in [0.1, 0.15) is 19.4 Å². The highest BCUT2D eigenvalue weighted by molar-refractivity contribution is 5.98. The second-order valence-corrected chi connectivity index (χ2v) is 7.22. The third-order valence-corrected chi connectivity index (χ3v) is 5.51. The van der Waals surface area contributed by atoms with Crippen LogP contribution in [0.5, 0.6) is 5.75 Å². The number of H-pyrrole nitrogens is 1. The van der Waals surface area contributed by atoms with Gasteiger partial charge in [-0.05, 0) is 19.4 Å². The van der Waals surface area contributed by atoms with Gasteiger partial charge in [-0.25, -0.2) is 4.39 Å². The van der Waals surface area contributed by atoms with E-state index in [9.17, 15) is 14.4 Å². The van der Waals surface area contributed by atoms with Gasteiger partial charge < -0.3 is 19.5 Å². The minimum absolute atomic E-state index is 0.0731. The number of hydrogen-bond acceptors (Lipinski definition) is 6. The van der Waals surface area contributed by atoms with Crippen LogP contribution in [0.25, 0.3) is 22.0 Å². The Morgan fingerprint density at radius 3 is 3.00 bits per heavy atom. The molecule has 2 N–H and O–H groups in total. The number of pyridine rings is 1. The first-order chi connectivity index (χ1) is 13.5. The average Bonchev–Trinajstić information content (AvgIpc) is 3.27. The maximum atomic E-state index is 15.1. The Morgan fingerprint density at radius 1 is 1.39 bits per heavy atom. The number of benzene rings is 1. The number of rotatable bonds is 3. The van der Waals surface area contributed by atoms with Crippen molar-refractivity contribution in [3.63, 3.8) is 0 Å². The normalized spacial score (nSPS) is 21.3. The molecule has 0 aliphatic carbocycles. The van der Waals surface area contributed by atoms with Crippen LogP contribution in [0, 0.1) is 5.82 Å². The highest BCUT2D eigenvalue weighted by Crippen LogP contribution is 2.43. The zero-order valence-electron chi connectivity index (χ0n) is 15.0. The quantitative estimate of drug-likeness (QED) is 0.644. The van der Waals surface area contributed by atoms with Crippen LogP contribution < -0.4 is 25.9 Å². The molecule has 0 saturated carbocycles. The van der Waals surface area contributed by atoms with E-state index in [1.54, 1.807) is 9.47 Å². The Hall–Kier alpha value is -3.30. The molecule has 0 spiro atoms. The SMILES string of the molecule is CC1COc2c(N3CCC(NC=O)C3)c(F)cc3c(=O)c4c(=O)[nH]oc4n1c23. The lowest BCUT2D eigenvalue weighted by Gasteiger charge is -2.30. The van der Waals surface area contributed by atoms with Gasteiger partial charge in [0.2, 0.25) is 17.6 Å². The zero-order chi connectivity index (χ0) is 19.6. The molecule has 0 radical (unpaired) electrons. The number of carbonyl (C=O) groups is 1. The molecule has 4 heterocycles. The van der Waals surface area contributed by atoms with Crippen molar-refractivity contribution < 1.29 is 18.4 Å². The van der Waals surface area contributed by atoms with E-state index in [2.05, 4.69) is 10.5 Å². The van der Waals surface area contributed by atoms with Gasteiger partial charge in [-0.1, -0.05) is 0 Å². The van der Waals surface area contributed by atoms with Gasteiger partial charge in [0.1, 0.15) is 17.8 Å². The van der Waals surface area contributed by atoms with Gasteiger partial charge in [0.05, 0.1) is 11.4 Å². The summed E-state index contributed by atoms with van der Waals surface area (Å²) in [6, 6.07) is 0.842. The first-order valence-electron chi connectivity index (χ1n) is 9.00. The molecule has 2 aliphatic rings. The summed E-state index contributed by atoms with van der Waals surface area (Å²) in [6.07, 6.45) is 1.31. The molecule has 2 unspecified atom stereocenters. The van der Waals surface area contributed by atoms with Crippen LogP contribution in [-0.4, -0.2) is 41.9 Å². The van der Waals surface area contributed by atoms with Gasteiger partial charge in [-0.3, -0.25) is 19.0 Å². The molecule has 2 atom stereocenters. The molecular formula is C18H17FN4O5. The van der Waals surface area contributed by atoms with Gasteiger partial charge in [-0.15, -0.1) is 0 Å². The van der Waals surface area contributed by atoms with Gasteiger partial charge in [0, 0.05) is 19.1 Å². The molecule has 146 valence electrons. The third kappa shape index (κ3) is 2.14. The van der Waals surface area contributed by atoms with Crippen LogP contribution in [0.3, 0.4) is 0 Å². The number of anilines is 1. The molecule has 3 aromatic rings. The van der Waals surface area contributed by atoms with Crippen molar-refractivity contribution in [2.45, 2.75) is 25.4 Å². The number of ether oxygens (including phenoxy) is 1. The highest BCUT2D eigenvalue weighted by Gasteiger charge is 2.34. The van der Waals surface area contributed by atoms with Crippen molar-refractivity contribution in [1.82, 2.24) is 15.0 Å². The summed E-state index contributed by atoms with van der Waals surface area (Å²) in [4.78, 5) is 37.4. The van der Waals surface area contributed by atoms with Crippen molar-refractivity contribution >= 4 is 34.1 Å². The lowest BCUT2D eigenvalue weighted by Crippen LogP contribution is -2.32.